The second-order valence-corrected chi connectivity index (χ2v) is 11.7. The van der Waals surface area contributed by atoms with Crippen molar-refractivity contribution in [2.75, 3.05) is 40.0 Å². The number of nitrogens with zero attached hydrogens (tertiary/aromatic N) is 1. The lowest BCUT2D eigenvalue weighted by Crippen LogP contribution is -2.56. The molecule has 5 atom stereocenters. The fraction of sp³-hybridized carbons (Fsp3) is 0.750. The largest absolute Gasteiger partial charge is 0.379 e. The van der Waals surface area contributed by atoms with E-state index < -0.39 is 45.4 Å². The molecule has 1 aromatic rings. The van der Waals surface area contributed by atoms with Crippen molar-refractivity contribution in [2.45, 2.75) is 79.5 Å². The highest BCUT2D eigenvalue weighted by atomic mass is 32.2. The second kappa shape index (κ2) is 9.53. The highest BCUT2D eigenvalue weighted by molar-refractivity contribution is 7.92. The number of morpholine rings is 1. The summed E-state index contributed by atoms with van der Waals surface area (Å²) in [4.78, 5) is 2.44. The molecule has 1 aromatic carbocycles. The highest BCUT2D eigenvalue weighted by Crippen LogP contribution is 2.43. The molecular weight excluding hydrogens is 446 g/mol. The van der Waals surface area contributed by atoms with Crippen molar-refractivity contribution in [3.8, 4) is 0 Å². The number of methoxy groups -OCH3 is 1. The number of rotatable bonds is 5. The molecule has 184 valence electrons. The van der Waals surface area contributed by atoms with Gasteiger partial charge in [-0.1, -0.05) is 24.1 Å². The molecule has 3 heterocycles. The van der Waals surface area contributed by atoms with Gasteiger partial charge in [0, 0.05) is 33.0 Å². The van der Waals surface area contributed by atoms with Gasteiger partial charge < -0.3 is 23.7 Å². The van der Waals surface area contributed by atoms with Crippen LogP contribution in [0.3, 0.4) is 0 Å². The van der Waals surface area contributed by atoms with E-state index in [0.717, 1.165) is 31.2 Å². The van der Waals surface area contributed by atoms with Gasteiger partial charge in [0.2, 0.25) is 0 Å². The lowest BCUT2D eigenvalue weighted by molar-refractivity contribution is -0.207. The third-order valence-electron chi connectivity index (χ3n) is 7.50. The first-order valence-electron chi connectivity index (χ1n) is 12.1. The molecule has 5 rings (SSSR count). The van der Waals surface area contributed by atoms with Crippen molar-refractivity contribution in [1.29, 1.82) is 0 Å². The van der Waals surface area contributed by atoms with E-state index in [4.69, 9.17) is 23.7 Å². The first-order valence-corrected chi connectivity index (χ1v) is 13.6. The number of hydrogen-bond acceptors (Lipinski definition) is 8. The van der Waals surface area contributed by atoms with E-state index in [1.54, 1.807) is 19.2 Å². The molecule has 3 aliphatic heterocycles. The number of sulfone groups is 1. The topological polar surface area (TPSA) is 83.5 Å². The molecule has 4 aliphatic rings. The van der Waals surface area contributed by atoms with Gasteiger partial charge in [-0.05, 0) is 31.9 Å². The third-order valence-corrected chi connectivity index (χ3v) is 9.69. The Bertz CT molecular complexity index is 909. The van der Waals surface area contributed by atoms with Crippen LogP contribution in [0, 0.1) is 6.92 Å². The number of aryl methyl sites for hydroxylation is 1. The van der Waals surface area contributed by atoms with Crippen molar-refractivity contribution < 1.29 is 32.1 Å². The maximum atomic E-state index is 14.1. The Morgan fingerprint density at radius 1 is 1.06 bits per heavy atom. The minimum atomic E-state index is -3.75. The maximum absolute atomic E-state index is 14.1. The van der Waals surface area contributed by atoms with Crippen LogP contribution < -0.4 is 0 Å². The van der Waals surface area contributed by atoms with E-state index in [1.165, 1.54) is 6.42 Å². The predicted molar refractivity (Wildman–Crippen MR) is 121 cm³/mol. The van der Waals surface area contributed by atoms with Crippen LogP contribution in [0.4, 0.5) is 0 Å². The van der Waals surface area contributed by atoms with Crippen molar-refractivity contribution in [3.63, 3.8) is 0 Å². The molecule has 1 aliphatic carbocycles. The molecule has 3 saturated heterocycles. The fourth-order valence-electron chi connectivity index (χ4n) is 5.75. The van der Waals surface area contributed by atoms with Crippen LogP contribution in [0.1, 0.15) is 37.7 Å². The summed E-state index contributed by atoms with van der Waals surface area (Å²) in [6.07, 6.45) is 3.14. The molecule has 0 radical (unpaired) electrons. The minimum Gasteiger partial charge on any atom is -0.379 e. The average Bonchev–Trinajstić information content (AvgIpc) is 3.42. The SMILES string of the molecule is CO[C@@H]1O[C@H]([C@H]2COC3(CCCCC3)O2)[C@H](S(=O)(=O)c2ccc(C)cc2)[C@H]1N1CCOCC1. The van der Waals surface area contributed by atoms with E-state index in [1.807, 2.05) is 19.1 Å². The molecule has 8 nitrogen and oxygen atoms in total. The summed E-state index contributed by atoms with van der Waals surface area (Å²) in [6.45, 7) is 4.65. The Morgan fingerprint density at radius 3 is 2.42 bits per heavy atom. The lowest BCUT2D eigenvalue weighted by Gasteiger charge is -2.37. The Kier molecular flexibility index (Phi) is 6.83. The van der Waals surface area contributed by atoms with Crippen LogP contribution >= 0.6 is 0 Å². The van der Waals surface area contributed by atoms with E-state index in [-0.39, 0.29) is 0 Å². The van der Waals surface area contributed by atoms with Crippen LogP contribution in [-0.4, -0.2) is 88.9 Å². The van der Waals surface area contributed by atoms with E-state index in [2.05, 4.69) is 4.90 Å². The van der Waals surface area contributed by atoms with E-state index in [9.17, 15) is 8.42 Å². The fourth-order valence-corrected chi connectivity index (χ4v) is 7.84. The summed E-state index contributed by atoms with van der Waals surface area (Å²) in [5, 5.41) is -0.837. The van der Waals surface area contributed by atoms with Gasteiger partial charge in [-0.3, -0.25) is 4.90 Å². The zero-order valence-corrected chi connectivity index (χ0v) is 20.3. The molecule has 0 bridgehead atoms. The summed E-state index contributed by atoms with van der Waals surface area (Å²) in [7, 11) is -2.17. The highest BCUT2D eigenvalue weighted by Gasteiger charge is 2.59. The number of benzene rings is 1. The molecule has 9 heteroatoms. The maximum Gasteiger partial charge on any atom is 0.185 e. The quantitative estimate of drug-likeness (QED) is 0.634. The summed E-state index contributed by atoms with van der Waals surface area (Å²) in [5.41, 5.74) is 1.01. The van der Waals surface area contributed by atoms with Gasteiger partial charge >= 0.3 is 0 Å². The predicted octanol–water partition coefficient (Wildman–Crippen LogP) is 2.29. The zero-order chi connectivity index (χ0) is 23.1. The molecule has 1 spiro atoms. The Hall–Kier alpha value is -1.07. The number of hydrogen-bond donors (Lipinski definition) is 0. The molecule has 0 N–H and O–H groups in total. The average molecular weight is 482 g/mol. The minimum absolute atomic E-state index is 0.299. The van der Waals surface area contributed by atoms with Gasteiger partial charge in [0.1, 0.15) is 17.5 Å². The standard InChI is InChI=1S/C24H35NO7S/c1-17-6-8-18(9-7-17)33(26,27)22-20(25-12-14-29-15-13-25)23(28-2)31-21(22)19-16-30-24(32-19)10-4-3-5-11-24/h6-9,19-23H,3-5,10-16H2,1-2H3/t19-,20-,21-,22-,23-/m1/s1. The van der Waals surface area contributed by atoms with Gasteiger partial charge in [-0.25, -0.2) is 8.42 Å². The normalized spacial score (nSPS) is 35.3. The third kappa shape index (κ3) is 4.49. The monoisotopic (exact) mass is 481 g/mol. The van der Waals surface area contributed by atoms with Gasteiger partial charge in [0.25, 0.3) is 0 Å². The van der Waals surface area contributed by atoms with Gasteiger partial charge in [-0.2, -0.15) is 0 Å². The molecule has 0 aromatic heterocycles. The molecule has 33 heavy (non-hydrogen) atoms. The van der Waals surface area contributed by atoms with Gasteiger partial charge in [0.05, 0.1) is 30.8 Å². The lowest BCUT2D eigenvalue weighted by atomic mass is 9.94. The molecule has 0 unspecified atom stereocenters. The van der Waals surface area contributed by atoms with Crippen molar-refractivity contribution in [3.05, 3.63) is 29.8 Å². The van der Waals surface area contributed by atoms with Gasteiger partial charge in [0.15, 0.2) is 21.9 Å². The smallest absolute Gasteiger partial charge is 0.185 e. The number of ether oxygens (including phenoxy) is 5. The summed E-state index contributed by atoms with van der Waals surface area (Å²) < 4.78 is 58.4. The summed E-state index contributed by atoms with van der Waals surface area (Å²) >= 11 is 0. The molecule has 0 amide bonds. The summed E-state index contributed by atoms with van der Waals surface area (Å²) in [5.74, 6) is -0.607. The van der Waals surface area contributed by atoms with Crippen molar-refractivity contribution in [2.24, 2.45) is 0 Å². The molecule has 1 saturated carbocycles. The van der Waals surface area contributed by atoms with E-state index in [0.29, 0.717) is 37.8 Å². The summed E-state index contributed by atoms with van der Waals surface area (Å²) in [6, 6.07) is 6.59. The van der Waals surface area contributed by atoms with Crippen LogP contribution in [0.5, 0.6) is 0 Å². The van der Waals surface area contributed by atoms with Crippen LogP contribution in [0.2, 0.25) is 0 Å². The van der Waals surface area contributed by atoms with Crippen molar-refractivity contribution in [1.82, 2.24) is 4.90 Å². The van der Waals surface area contributed by atoms with Crippen LogP contribution in [0.15, 0.2) is 29.2 Å². The van der Waals surface area contributed by atoms with Crippen molar-refractivity contribution >= 4 is 9.84 Å². The Morgan fingerprint density at radius 2 is 1.76 bits per heavy atom. The van der Waals surface area contributed by atoms with Crippen LogP contribution in [0.25, 0.3) is 0 Å². The van der Waals surface area contributed by atoms with Crippen LogP contribution in [-0.2, 0) is 33.5 Å². The first-order chi connectivity index (χ1) is 15.9. The van der Waals surface area contributed by atoms with Gasteiger partial charge in [-0.15, -0.1) is 0 Å². The zero-order valence-electron chi connectivity index (χ0n) is 19.5. The Balaban J connectivity index is 1.50. The molecular formula is C24H35NO7S. The molecule has 4 fully saturated rings. The first kappa shape index (κ1) is 23.7. The van der Waals surface area contributed by atoms with E-state index >= 15 is 0 Å². The second-order valence-electron chi connectivity index (χ2n) is 9.61. The Labute approximate surface area is 196 Å².